The van der Waals surface area contributed by atoms with Crippen molar-refractivity contribution in [2.45, 2.75) is 6.42 Å². The van der Waals surface area contributed by atoms with Crippen molar-refractivity contribution < 1.29 is 19.1 Å². The molecule has 0 bridgehead atoms. The number of hydrogen-bond acceptors (Lipinski definition) is 5. The smallest absolute Gasteiger partial charge is 0.255 e. The van der Waals surface area contributed by atoms with E-state index in [0.717, 1.165) is 16.5 Å². The SMILES string of the molecule is Nc1[nH]c(C(=O)c2ccccc2)c(-c2ccc3c(c2)OCO3)c1C(=O)NCCc1c[nH]c2ccccc12. The van der Waals surface area contributed by atoms with Gasteiger partial charge in [0.05, 0.1) is 11.3 Å². The quantitative estimate of drug-likeness (QED) is 0.246. The van der Waals surface area contributed by atoms with Crippen molar-refractivity contribution in [3.8, 4) is 22.6 Å². The number of fused-ring (bicyclic) bond motifs is 2. The van der Waals surface area contributed by atoms with Crippen LogP contribution in [0, 0.1) is 0 Å². The second kappa shape index (κ2) is 9.23. The summed E-state index contributed by atoms with van der Waals surface area (Å²) in [5.41, 5.74) is 10.5. The number of aromatic amines is 2. The van der Waals surface area contributed by atoms with Gasteiger partial charge in [0.25, 0.3) is 5.91 Å². The summed E-state index contributed by atoms with van der Waals surface area (Å²) in [4.78, 5) is 33.2. The maximum atomic E-state index is 13.5. The maximum absolute atomic E-state index is 13.5. The van der Waals surface area contributed by atoms with Crippen LogP contribution in [0.2, 0.25) is 0 Å². The Labute approximate surface area is 212 Å². The Morgan fingerprint density at radius 2 is 1.73 bits per heavy atom. The van der Waals surface area contributed by atoms with Crippen LogP contribution < -0.4 is 20.5 Å². The van der Waals surface area contributed by atoms with Gasteiger partial charge < -0.3 is 30.5 Å². The van der Waals surface area contributed by atoms with E-state index >= 15 is 0 Å². The highest BCUT2D eigenvalue weighted by molar-refractivity contribution is 6.17. The molecule has 0 saturated carbocycles. The molecule has 0 unspecified atom stereocenters. The van der Waals surface area contributed by atoms with E-state index in [4.69, 9.17) is 15.2 Å². The number of rotatable bonds is 7. The molecule has 6 rings (SSSR count). The third-order valence-corrected chi connectivity index (χ3v) is 6.54. The molecule has 8 nitrogen and oxygen atoms in total. The molecule has 5 aromatic rings. The molecule has 37 heavy (non-hydrogen) atoms. The largest absolute Gasteiger partial charge is 0.454 e. The van der Waals surface area contributed by atoms with E-state index in [-0.39, 0.29) is 35.6 Å². The van der Waals surface area contributed by atoms with Gasteiger partial charge in [-0.25, -0.2) is 0 Å². The number of nitrogens with two attached hydrogens (primary N) is 1. The number of amides is 1. The monoisotopic (exact) mass is 492 g/mol. The highest BCUT2D eigenvalue weighted by atomic mass is 16.7. The molecule has 184 valence electrons. The van der Waals surface area contributed by atoms with Crippen LogP contribution in [0.5, 0.6) is 11.5 Å². The molecule has 1 amide bonds. The van der Waals surface area contributed by atoms with E-state index in [1.807, 2.05) is 36.5 Å². The number of anilines is 1. The average molecular weight is 493 g/mol. The van der Waals surface area contributed by atoms with E-state index in [9.17, 15) is 9.59 Å². The molecule has 0 radical (unpaired) electrons. The molecule has 0 spiro atoms. The van der Waals surface area contributed by atoms with Crippen molar-refractivity contribution in [3.63, 3.8) is 0 Å². The summed E-state index contributed by atoms with van der Waals surface area (Å²) in [5, 5.41) is 4.10. The Bertz CT molecular complexity index is 1630. The van der Waals surface area contributed by atoms with Crippen LogP contribution >= 0.6 is 0 Å². The lowest BCUT2D eigenvalue weighted by atomic mass is 9.96. The third-order valence-electron chi connectivity index (χ3n) is 6.54. The predicted molar refractivity (Wildman–Crippen MR) is 141 cm³/mol. The molecule has 0 fully saturated rings. The van der Waals surface area contributed by atoms with E-state index in [0.29, 0.717) is 41.2 Å². The number of para-hydroxylation sites is 1. The van der Waals surface area contributed by atoms with Crippen LogP contribution in [-0.2, 0) is 6.42 Å². The highest BCUT2D eigenvalue weighted by Gasteiger charge is 2.28. The first-order valence-electron chi connectivity index (χ1n) is 11.9. The second-order valence-corrected chi connectivity index (χ2v) is 8.79. The lowest BCUT2D eigenvalue weighted by Crippen LogP contribution is -2.26. The zero-order valence-electron chi connectivity index (χ0n) is 19.8. The fraction of sp³-hybridized carbons (Fsp3) is 0.103. The lowest BCUT2D eigenvalue weighted by Gasteiger charge is -2.10. The minimum absolute atomic E-state index is 0.116. The molecule has 0 aliphatic carbocycles. The van der Waals surface area contributed by atoms with Gasteiger partial charge >= 0.3 is 0 Å². The minimum Gasteiger partial charge on any atom is -0.454 e. The standard InChI is InChI=1S/C29H24N4O4/c30-28-25(29(35)31-13-12-19-15-32-21-9-5-4-8-20(19)21)24(18-10-11-22-23(14-18)37-16-36-22)26(33-28)27(34)17-6-2-1-3-7-17/h1-11,14-15,32-33H,12-13,16,30H2,(H,31,35). The Hall–Kier alpha value is -4.98. The zero-order chi connectivity index (χ0) is 25.4. The summed E-state index contributed by atoms with van der Waals surface area (Å²) in [6, 6.07) is 22.2. The Morgan fingerprint density at radius 1 is 0.946 bits per heavy atom. The van der Waals surface area contributed by atoms with E-state index in [1.165, 1.54) is 0 Å². The number of hydrogen-bond donors (Lipinski definition) is 4. The number of H-pyrrole nitrogens is 2. The van der Waals surface area contributed by atoms with Gasteiger partial charge in [0.15, 0.2) is 11.5 Å². The topological polar surface area (TPSA) is 122 Å². The zero-order valence-corrected chi connectivity index (χ0v) is 19.8. The van der Waals surface area contributed by atoms with Crippen LogP contribution in [0.15, 0.2) is 79.0 Å². The number of nitrogens with one attached hydrogen (secondary N) is 3. The molecular weight excluding hydrogens is 468 g/mol. The summed E-state index contributed by atoms with van der Waals surface area (Å²) in [5.74, 6) is 0.636. The van der Waals surface area contributed by atoms with Gasteiger partial charge in [0.2, 0.25) is 12.6 Å². The van der Waals surface area contributed by atoms with Crippen molar-refractivity contribution in [2.75, 3.05) is 19.1 Å². The van der Waals surface area contributed by atoms with Gasteiger partial charge in [-0.2, -0.15) is 0 Å². The Balaban J connectivity index is 1.34. The third kappa shape index (κ3) is 4.08. The van der Waals surface area contributed by atoms with Crippen LogP contribution in [-0.4, -0.2) is 35.0 Å². The van der Waals surface area contributed by atoms with Crippen LogP contribution in [0.4, 0.5) is 5.82 Å². The predicted octanol–water partition coefficient (Wildman–Crippen LogP) is 4.68. The van der Waals surface area contributed by atoms with Crippen LogP contribution in [0.3, 0.4) is 0 Å². The minimum atomic E-state index is -0.367. The van der Waals surface area contributed by atoms with Crippen LogP contribution in [0.25, 0.3) is 22.0 Å². The van der Waals surface area contributed by atoms with Crippen molar-refractivity contribution in [1.82, 2.24) is 15.3 Å². The van der Waals surface area contributed by atoms with Crippen LogP contribution in [0.1, 0.15) is 32.0 Å². The fourth-order valence-corrected chi connectivity index (χ4v) is 4.74. The molecule has 3 aromatic carbocycles. The first kappa shape index (κ1) is 22.5. The van der Waals surface area contributed by atoms with E-state index < -0.39 is 0 Å². The fourth-order valence-electron chi connectivity index (χ4n) is 4.74. The number of ether oxygens (including phenoxy) is 2. The molecule has 1 aliphatic heterocycles. The number of carbonyl (C=O) groups excluding carboxylic acids is 2. The molecule has 3 heterocycles. The first-order valence-corrected chi connectivity index (χ1v) is 11.9. The summed E-state index contributed by atoms with van der Waals surface area (Å²) < 4.78 is 11.0. The van der Waals surface area contributed by atoms with Gasteiger partial charge in [-0.1, -0.05) is 54.6 Å². The molecule has 5 N–H and O–H groups in total. The van der Waals surface area contributed by atoms with Crippen molar-refractivity contribution >= 4 is 28.4 Å². The average Bonchev–Trinajstić information content (AvgIpc) is 3.65. The molecule has 0 atom stereocenters. The number of carbonyl (C=O) groups is 2. The van der Waals surface area contributed by atoms with Gasteiger partial charge in [0.1, 0.15) is 5.82 Å². The van der Waals surface area contributed by atoms with E-state index in [1.54, 1.807) is 42.5 Å². The van der Waals surface area contributed by atoms with Crippen molar-refractivity contribution in [3.05, 3.63) is 101 Å². The molecule has 0 saturated heterocycles. The summed E-state index contributed by atoms with van der Waals surface area (Å²) in [6.07, 6.45) is 2.59. The summed E-state index contributed by atoms with van der Waals surface area (Å²) in [6.45, 7) is 0.513. The number of nitrogen functional groups attached to an aromatic ring is 1. The molecular formula is C29H24N4O4. The maximum Gasteiger partial charge on any atom is 0.255 e. The summed E-state index contributed by atoms with van der Waals surface area (Å²) in [7, 11) is 0. The molecule has 2 aromatic heterocycles. The Morgan fingerprint density at radius 3 is 2.59 bits per heavy atom. The van der Waals surface area contributed by atoms with E-state index in [2.05, 4.69) is 15.3 Å². The van der Waals surface area contributed by atoms with Crippen molar-refractivity contribution in [2.24, 2.45) is 0 Å². The Kier molecular flexibility index (Phi) is 5.61. The van der Waals surface area contributed by atoms with Crippen molar-refractivity contribution in [1.29, 1.82) is 0 Å². The number of aromatic nitrogens is 2. The normalized spacial score (nSPS) is 12.1. The van der Waals surface area contributed by atoms with Gasteiger partial charge in [-0.05, 0) is 35.7 Å². The highest BCUT2D eigenvalue weighted by Crippen LogP contribution is 2.40. The number of benzene rings is 3. The van der Waals surface area contributed by atoms with Gasteiger partial charge in [-0.3, -0.25) is 9.59 Å². The molecule has 1 aliphatic rings. The number of ketones is 1. The lowest BCUT2D eigenvalue weighted by molar-refractivity contribution is 0.0955. The second-order valence-electron chi connectivity index (χ2n) is 8.79. The van der Waals surface area contributed by atoms with Gasteiger partial charge in [0, 0.05) is 34.8 Å². The first-order chi connectivity index (χ1) is 18.1. The molecule has 8 heteroatoms. The van der Waals surface area contributed by atoms with Gasteiger partial charge in [-0.15, -0.1) is 0 Å². The summed E-state index contributed by atoms with van der Waals surface area (Å²) >= 11 is 0.